The molecule has 0 N–H and O–H groups in total. The number of aryl methyl sites for hydroxylation is 2. The van der Waals surface area contributed by atoms with Crippen molar-refractivity contribution < 1.29 is 0 Å². The normalized spacial score (nSPS) is 22.8. The van der Waals surface area contributed by atoms with Crippen molar-refractivity contribution in [3.8, 4) is 6.07 Å². The predicted molar refractivity (Wildman–Crippen MR) is 92.6 cm³/mol. The number of nitrogens with zero attached hydrogens (tertiary/aromatic N) is 5. The number of piperazine rings is 1. The van der Waals surface area contributed by atoms with E-state index in [-0.39, 0.29) is 0 Å². The summed E-state index contributed by atoms with van der Waals surface area (Å²) in [6, 6.07) is 13.3. The lowest BCUT2D eigenvalue weighted by molar-refractivity contribution is -0.00897. The molecule has 0 spiro atoms. The second-order valence-corrected chi connectivity index (χ2v) is 6.88. The summed E-state index contributed by atoms with van der Waals surface area (Å²) in [6.07, 6.45) is 1.26. The van der Waals surface area contributed by atoms with E-state index in [0.29, 0.717) is 12.1 Å². The molecule has 2 atom stereocenters. The van der Waals surface area contributed by atoms with Gasteiger partial charge in [0.15, 0.2) is 0 Å². The molecule has 4 heterocycles. The molecule has 2 aromatic rings. The highest BCUT2D eigenvalue weighted by Crippen LogP contribution is 2.35. The first kappa shape index (κ1) is 15.1. The van der Waals surface area contributed by atoms with Crippen LogP contribution >= 0.6 is 0 Å². The number of rotatable bonds is 3. The van der Waals surface area contributed by atoms with Crippen LogP contribution in [0.3, 0.4) is 0 Å². The molecule has 3 aliphatic rings. The molecule has 0 aliphatic carbocycles. The Morgan fingerprint density at radius 3 is 2.29 bits per heavy atom. The van der Waals surface area contributed by atoms with Crippen molar-refractivity contribution >= 4 is 5.95 Å². The van der Waals surface area contributed by atoms with Gasteiger partial charge in [0.2, 0.25) is 5.95 Å². The molecule has 3 saturated heterocycles. The molecule has 0 radical (unpaired) electrons. The van der Waals surface area contributed by atoms with Crippen LogP contribution in [0.25, 0.3) is 0 Å². The topological polar surface area (TPSA) is 56.1 Å². The molecule has 122 valence electrons. The van der Waals surface area contributed by atoms with Gasteiger partial charge in [0, 0.05) is 43.1 Å². The van der Waals surface area contributed by atoms with E-state index in [1.807, 2.05) is 32.0 Å². The number of hydrogen-bond donors (Lipinski definition) is 0. The van der Waals surface area contributed by atoms with E-state index in [4.69, 9.17) is 5.26 Å². The van der Waals surface area contributed by atoms with Crippen molar-refractivity contribution in [3.05, 3.63) is 52.8 Å². The lowest BCUT2D eigenvalue weighted by Crippen LogP contribution is -2.68. The van der Waals surface area contributed by atoms with E-state index in [1.165, 1.54) is 12.0 Å². The SMILES string of the molecule is Cc1cc(C)nc(N2CC3CC(C2)N3Cc2ccc(C#N)cc2)n1. The van der Waals surface area contributed by atoms with Crippen molar-refractivity contribution in [1.82, 2.24) is 14.9 Å². The van der Waals surface area contributed by atoms with Crippen LogP contribution in [0, 0.1) is 25.2 Å². The minimum atomic E-state index is 0.573. The first-order valence-electron chi connectivity index (χ1n) is 8.44. The molecular formula is C19H21N5. The molecule has 24 heavy (non-hydrogen) atoms. The number of anilines is 1. The molecule has 5 heteroatoms. The smallest absolute Gasteiger partial charge is 0.225 e. The summed E-state index contributed by atoms with van der Waals surface area (Å²) >= 11 is 0. The molecule has 1 aromatic heterocycles. The Kier molecular flexibility index (Phi) is 3.70. The Hall–Kier alpha value is -2.45. The van der Waals surface area contributed by atoms with Crippen LogP contribution in [0.15, 0.2) is 30.3 Å². The second-order valence-electron chi connectivity index (χ2n) is 6.88. The Morgan fingerprint density at radius 1 is 1.08 bits per heavy atom. The van der Waals surface area contributed by atoms with E-state index >= 15 is 0 Å². The largest absolute Gasteiger partial charge is 0.338 e. The van der Waals surface area contributed by atoms with Gasteiger partial charge in [-0.3, -0.25) is 4.90 Å². The molecule has 0 amide bonds. The van der Waals surface area contributed by atoms with E-state index in [0.717, 1.165) is 42.5 Å². The monoisotopic (exact) mass is 319 g/mol. The van der Waals surface area contributed by atoms with Crippen molar-refractivity contribution in [1.29, 1.82) is 5.26 Å². The predicted octanol–water partition coefficient (Wildman–Crippen LogP) is 2.43. The highest BCUT2D eigenvalue weighted by Gasteiger charge is 2.44. The van der Waals surface area contributed by atoms with E-state index in [2.05, 4.69) is 38.0 Å². The molecular weight excluding hydrogens is 298 g/mol. The van der Waals surface area contributed by atoms with E-state index < -0.39 is 0 Å². The minimum absolute atomic E-state index is 0.573. The molecule has 3 fully saturated rings. The van der Waals surface area contributed by atoms with Gasteiger partial charge in [-0.15, -0.1) is 0 Å². The van der Waals surface area contributed by atoms with Crippen LogP contribution < -0.4 is 4.90 Å². The number of fused-ring (bicyclic) bond motifs is 2. The van der Waals surface area contributed by atoms with Crippen LogP contribution in [-0.2, 0) is 6.54 Å². The quantitative estimate of drug-likeness (QED) is 0.869. The molecule has 2 bridgehead atoms. The molecule has 3 aliphatic heterocycles. The van der Waals surface area contributed by atoms with Crippen molar-refractivity contribution in [2.75, 3.05) is 18.0 Å². The van der Waals surface area contributed by atoms with Crippen molar-refractivity contribution in [2.45, 2.75) is 38.9 Å². The summed E-state index contributed by atoms with van der Waals surface area (Å²) in [5, 5.41) is 8.90. The number of aromatic nitrogens is 2. The number of hydrogen-bond acceptors (Lipinski definition) is 5. The zero-order chi connectivity index (χ0) is 16.7. The third-order valence-electron chi connectivity index (χ3n) is 5.05. The minimum Gasteiger partial charge on any atom is -0.338 e. The van der Waals surface area contributed by atoms with E-state index in [9.17, 15) is 0 Å². The van der Waals surface area contributed by atoms with Gasteiger partial charge < -0.3 is 4.90 Å². The summed E-state index contributed by atoms with van der Waals surface area (Å²) < 4.78 is 0. The fourth-order valence-electron chi connectivity index (χ4n) is 3.85. The standard InChI is InChI=1S/C19H21N5/c1-13-7-14(2)22-19(21-13)23-11-17-8-18(12-23)24(17)10-16-5-3-15(9-20)4-6-16/h3-7,17-18H,8,10-12H2,1-2H3. The maximum Gasteiger partial charge on any atom is 0.225 e. The van der Waals surface area contributed by atoms with Gasteiger partial charge in [0.25, 0.3) is 0 Å². The van der Waals surface area contributed by atoms with Crippen molar-refractivity contribution in [3.63, 3.8) is 0 Å². The maximum atomic E-state index is 8.90. The van der Waals surface area contributed by atoms with Gasteiger partial charge in [0.1, 0.15) is 0 Å². The van der Waals surface area contributed by atoms with Crippen LogP contribution in [0.2, 0.25) is 0 Å². The number of nitriles is 1. The average molecular weight is 319 g/mol. The maximum absolute atomic E-state index is 8.90. The van der Waals surface area contributed by atoms with Gasteiger partial charge in [-0.25, -0.2) is 9.97 Å². The molecule has 5 rings (SSSR count). The average Bonchev–Trinajstić information content (AvgIpc) is 2.59. The Bertz CT molecular complexity index is 760. The lowest BCUT2D eigenvalue weighted by atomic mass is 9.87. The summed E-state index contributed by atoms with van der Waals surface area (Å²) in [7, 11) is 0. The summed E-state index contributed by atoms with van der Waals surface area (Å²) in [6.45, 7) is 7.01. The first-order valence-corrected chi connectivity index (χ1v) is 8.44. The van der Waals surface area contributed by atoms with Gasteiger partial charge >= 0.3 is 0 Å². The lowest BCUT2D eigenvalue weighted by Gasteiger charge is -2.56. The Morgan fingerprint density at radius 2 is 1.71 bits per heavy atom. The third kappa shape index (κ3) is 2.74. The van der Waals surface area contributed by atoms with Crippen LogP contribution in [-0.4, -0.2) is 40.0 Å². The van der Waals surface area contributed by atoms with Crippen LogP contribution in [0.1, 0.15) is 28.9 Å². The fraction of sp³-hybridized carbons (Fsp3) is 0.421. The van der Waals surface area contributed by atoms with Crippen molar-refractivity contribution in [2.24, 2.45) is 0 Å². The fourth-order valence-corrected chi connectivity index (χ4v) is 3.85. The summed E-state index contributed by atoms with van der Waals surface area (Å²) in [4.78, 5) is 14.1. The van der Waals surface area contributed by atoms with Gasteiger partial charge in [0.05, 0.1) is 11.6 Å². The Labute approximate surface area is 142 Å². The molecule has 5 nitrogen and oxygen atoms in total. The third-order valence-corrected chi connectivity index (χ3v) is 5.05. The van der Waals surface area contributed by atoms with Gasteiger partial charge in [-0.1, -0.05) is 12.1 Å². The molecule has 1 aromatic carbocycles. The number of benzene rings is 1. The number of piperidine rings is 1. The summed E-state index contributed by atoms with van der Waals surface area (Å²) in [5.41, 5.74) is 4.07. The highest BCUT2D eigenvalue weighted by molar-refractivity contribution is 5.36. The van der Waals surface area contributed by atoms with Gasteiger partial charge in [-0.05, 0) is 44.0 Å². The van der Waals surface area contributed by atoms with Gasteiger partial charge in [-0.2, -0.15) is 5.26 Å². The second kappa shape index (κ2) is 5.88. The van der Waals surface area contributed by atoms with E-state index in [1.54, 1.807) is 0 Å². The zero-order valence-corrected chi connectivity index (χ0v) is 14.1. The van der Waals surface area contributed by atoms with Crippen LogP contribution in [0.4, 0.5) is 5.95 Å². The molecule has 2 unspecified atom stereocenters. The zero-order valence-electron chi connectivity index (χ0n) is 14.1. The summed E-state index contributed by atoms with van der Waals surface area (Å²) in [5.74, 6) is 0.875. The highest BCUT2D eigenvalue weighted by atomic mass is 15.4. The van der Waals surface area contributed by atoms with Crippen LogP contribution in [0.5, 0.6) is 0 Å². The first-order chi connectivity index (χ1) is 11.6. The molecule has 0 saturated carbocycles. The Balaban J connectivity index is 1.43.